The second kappa shape index (κ2) is 6.76. The van der Waals surface area contributed by atoms with E-state index in [2.05, 4.69) is 23.2 Å². The number of rotatable bonds is 3. The quantitative estimate of drug-likeness (QED) is 0.450. The van der Waals surface area contributed by atoms with Crippen molar-refractivity contribution in [3.05, 3.63) is 89.2 Å². The molecule has 4 nitrogen and oxygen atoms in total. The molecule has 4 aromatic rings. The minimum Gasteiger partial charge on any atom is -0.255 e. The number of anilines is 1. The zero-order valence-corrected chi connectivity index (χ0v) is 15.9. The van der Waals surface area contributed by atoms with Crippen molar-refractivity contribution >= 4 is 44.0 Å². The van der Waals surface area contributed by atoms with Crippen LogP contribution in [0.4, 0.5) is 5.13 Å². The Morgan fingerprint density at radius 1 is 0.963 bits per heavy atom. The van der Waals surface area contributed by atoms with E-state index in [-0.39, 0.29) is 6.04 Å². The second-order valence-corrected chi connectivity index (χ2v) is 7.79. The normalized spacial score (nSPS) is 16.7. The molecule has 6 heteroatoms. The molecule has 0 aliphatic carbocycles. The highest BCUT2D eigenvalue weighted by atomic mass is 35.5. The van der Waals surface area contributed by atoms with Gasteiger partial charge in [0.1, 0.15) is 0 Å². The van der Waals surface area contributed by atoms with Crippen molar-refractivity contribution in [3.8, 4) is 0 Å². The maximum Gasteiger partial charge on any atom is 0.207 e. The Hall–Kier alpha value is -2.76. The summed E-state index contributed by atoms with van der Waals surface area (Å²) in [6, 6.07) is 22.1. The van der Waals surface area contributed by atoms with Crippen LogP contribution in [0, 0.1) is 0 Å². The summed E-state index contributed by atoms with van der Waals surface area (Å²) < 4.78 is 1.16. The highest BCUT2D eigenvalue weighted by Gasteiger charge is 2.32. The van der Waals surface area contributed by atoms with Crippen molar-refractivity contribution < 1.29 is 0 Å². The molecule has 3 heterocycles. The number of halogens is 1. The van der Waals surface area contributed by atoms with Gasteiger partial charge in [0, 0.05) is 17.6 Å². The SMILES string of the molecule is Clc1ccc(C2CC(c3ccccn3)=NN2c2nc3ccccc3s2)cc1. The van der Waals surface area contributed by atoms with Gasteiger partial charge in [-0.1, -0.05) is 53.3 Å². The molecule has 0 spiro atoms. The summed E-state index contributed by atoms with van der Waals surface area (Å²) in [6.45, 7) is 0. The van der Waals surface area contributed by atoms with Crippen molar-refractivity contribution in [1.82, 2.24) is 9.97 Å². The van der Waals surface area contributed by atoms with E-state index in [1.807, 2.05) is 53.5 Å². The maximum atomic E-state index is 6.09. The lowest BCUT2D eigenvalue weighted by Crippen LogP contribution is -2.18. The van der Waals surface area contributed by atoms with Crippen LogP contribution in [-0.4, -0.2) is 15.7 Å². The number of aromatic nitrogens is 2. The number of fused-ring (bicyclic) bond motifs is 1. The molecule has 2 aromatic carbocycles. The lowest BCUT2D eigenvalue weighted by molar-refractivity contribution is 0.707. The molecule has 27 heavy (non-hydrogen) atoms. The molecule has 0 amide bonds. The maximum absolute atomic E-state index is 6.09. The molecule has 1 unspecified atom stereocenters. The molecule has 0 fully saturated rings. The number of para-hydroxylation sites is 1. The average Bonchev–Trinajstić information content (AvgIpc) is 3.33. The third-order valence-corrected chi connectivity index (χ3v) is 5.88. The molecule has 5 rings (SSSR count). The van der Waals surface area contributed by atoms with Gasteiger partial charge in [-0.2, -0.15) is 5.10 Å². The van der Waals surface area contributed by atoms with Crippen molar-refractivity contribution in [2.24, 2.45) is 5.10 Å². The minimum atomic E-state index is 0.0693. The first kappa shape index (κ1) is 16.4. The smallest absolute Gasteiger partial charge is 0.207 e. The summed E-state index contributed by atoms with van der Waals surface area (Å²) in [4.78, 5) is 9.29. The Kier molecular flexibility index (Phi) is 4.11. The van der Waals surface area contributed by atoms with E-state index < -0.39 is 0 Å². The van der Waals surface area contributed by atoms with E-state index in [9.17, 15) is 0 Å². The fraction of sp³-hybridized carbons (Fsp3) is 0.0952. The second-order valence-electron chi connectivity index (χ2n) is 6.34. The monoisotopic (exact) mass is 390 g/mol. The molecule has 1 atom stereocenters. The number of thiazole rings is 1. The summed E-state index contributed by atoms with van der Waals surface area (Å²) in [5, 5.41) is 8.55. The number of benzene rings is 2. The van der Waals surface area contributed by atoms with Crippen molar-refractivity contribution in [1.29, 1.82) is 0 Å². The number of pyridine rings is 1. The lowest BCUT2D eigenvalue weighted by Gasteiger charge is -2.21. The summed E-state index contributed by atoms with van der Waals surface area (Å²) in [7, 11) is 0. The summed E-state index contributed by atoms with van der Waals surface area (Å²) >= 11 is 7.74. The van der Waals surface area contributed by atoms with Crippen LogP contribution < -0.4 is 5.01 Å². The minimum absolute atomic E-state index is 0.0693. The first-order chi connectivity index (χ1) is 13.3. The van der Waals surface area contributed by atoms with E-state index in [0.29, 0.717) is 0 Å². The lowest BCUT2D eigenvalue weighted by atomic mass is 10.0. The van der Waals surface area contributed by atoms with Crippen molar-refractivity contribution in [3.63, 3.8) is 0 Å². The van der Waals surface area contributed by atoms with Crippen LogP contribution in [0.2, 0.25) is 5.02 Å². The molecule has 2 aromatic heterocycles. The molecule has 1 aliphatic rings. The largest absolute Gasteiger partial charge is 0.255 e. The zero-order chi connectivity index (χ0) is 18.2. The molecular weight excluding hydrogens is 376 g/mol. The van der Waals surface area contributed by atoms with E-state index in [4.69, 9.17) is 21.7 Å². The first-order valence-corrected chi connectivity index (χ1v) is 9.86. The first-order valence-electron chi connectivity index (χ1n) is 8.67. The number of hydrogen-bond donors (Lipinski definition) is 0. The van der Waals surface area contributed by atoms with Crippen LogP contribution >= 0.6 is 22.9 Å². The van der Waals surface area contributed by atoms with Gasteiger partial charge in [0.25, 0.3) is 0 Å². The standard InChI is InChI=1S/C21H15ClN4S/c22-15-10-8-14(9-11-15)19-13-18(16-5-3-4-12-23-16)25-26(19)21-24-17-6-1-2-7-20(17)27-21/h1-12,19H,13H2. The highest BCUT2D eigenvalue weighted by Crippen LogP contribution is 2.40. The summed E-state index contributed by atoms with van der Waals surface area (Å²) in [6.07, 6.45) is 2.57. The van der Waals surface area contributed by atoms with Gasteiger partial charge in [-0.15, -0.1) is 0 Å². The van der Waals surface area contributed by atoms with Crippen molar-refractivity contribution in [2.75, 3.05) is 5.01 Å². The van der Waals surface area contributed by atoms with Gasteiger partial charge < -0.3 is 0 Å². The number of nitrogens with zero attached hydrogens (tertiary/aromatic N) is 4. The van der Waals surface area contributed by atoms with Gasteiger partial charge >= 0.3 is 0 Å². The van der Waals surface area contributed by atoms with Gasteiger partial charge in [0.15, 0.2) is 0 Å². The summed E-state index contributed by atoms with van der Waals surface area (Å²) in [5.41, 5.74) is 4.03. The highest BCUT2D eigenvalue weighted by molar-refractivity contribution is 7.22. The molecule has 0 saturated carbocycles. The molecule has 0 saturated heterocycles. The van der Waals surface area contributed by atoms with Crippen LogP contribution in [0.1, 0.15) is 23.7 Å². The molecular formula is C21H15ClN4S. The van der Waals surface area contributed by atoms with Crippen LogP contribution in [0.15, 0.2) is 78.0 Å². The van der Waals surface area contributed by atoms with E-state index in [1.165, 1.54) is 0 Å². The topological polar surface area (TPSA) is 41.4 Å². The fourth-order valence-electron chi connectivity index (χ4n) is 3.28. The summed E-state index contributed by atoms with van der Waals surface area (Å²) in [5.74, 6) is 0. The van der Waals surface area contributed by atoms with Gasteiger partial charge in [-0.25, -0.2) is 9.99 Å². The van der Waals surface area contributed by atoms with Crippen molar-refractivity contribution in [2.45, 2.75) is 12.5 Å². The van der Waals surface area contributed by atoms with E-state index in [0.717, 1.165) is 43.8 Å². The third-order valence-electron chi connectivity index (χ3n) is 4.60. The van der Waals surface area contributed by atoms with E-state index >= 15 is 0 Å². The Balaban J connectivity index is 1.60. The molecule has 0 radical (unpaired) electrons. The van der Waals surface area contributed by atoms with Crippen LogP contribution in [0.5, 0.6) is 0 Å². The Morgan fingerprint density at radius 2 is 1.78 bits per heavy atom. The Morgan fingerprint density at radius 3 is 2.56 bits per heavy atom. The number of hydrazone groups is 1. The van der Waals surface area contributed by atoms with Gasteiger partial charge in [-0.05, 0) is 42.0 Å². The van der Waals surface area contributed by atoms with E-state index in [1.54, 1.807) is 17.5 Å². The molecule has 1 aliphatic heterocycles. The Labute approximate surface area is 165 Å². The van der Waals surface area contributed by atoms with Crippen LogP contribution in [0.3, 0.4) is 0 Å². The fourth-order valence-corrected chi connectivity index (χ4v) is 4.37. The molecule has 0 N–H and O–H groups in total. The predicted molar refractivity (Wildman–Crippen MR) is 112 cm³/mol. The predicted octanol–water partition coefficient (Wildman–Crippen LogP) is 5.70. The average molecular weight is 391 g/mol. The van der Waals surface area contributed by atoms with Gasteiger partial charge in [0.05, 0.1) is 27.7 Å². The Bertz CT molecular complexity index is 1090. The number of hydrogen-bond acceptors (Lipinski definition) is 5. The van der Waals surface area contributed by atoms with Crippen LogP contribution in [-0.2, 0) is 0 Å². The third kappa shape index (κ3) is 3.09. The molecule has 0 bridgehead atoms. The zero-order valence-electron chi connectivity index (χ0n) is 14.3. The van der Waals surface area contributed by atoms with Gasteiger partial charge in [0.2, 0.25) is 5.13 Å². The van der Waals surface area contributed by atoms with Gasteiger partial charge in [-0.3, -0.25) is 4.98 Å². The van der Waals surface area contributed by atoms with Crippen LogP contribution in [0.25, 0.3) is 10.2 Å². The molecule has 132 valence electrons.